The van der Waals surface area contributed by atoms with Gasteiger partial charge in [-0.3, -0.25) is 0 Å². The minimum absolute atomic E-state index is 0.0146. The van der Waals surface area contributed by atoms with Crippen molar-refractivity contribution >= 4 is 17.6 Å². The highest BCUT2D eigenvalue weighted by atomic mass is 16.5. The molecule has 0 fully saturated rings. The van der Waals surface area contributed by atoms with Gasteiger partial charge in [0.25, 0.3) is 0 Å². The fraction of sp³-hybridized carbons (Fsp3) is 0.111. The summed E-state index contributed by atoms with van der Waals surface area (Å²) >= 11 is 0. The molecule has 0 atom stereocenters. The van der Waals surface area contributed by atoms with E-state index in [-0.39, 0.29) is 22.5 Å². The van der Waals surface area contributed by atoms with Crippen molar-refractivity contribution in [2.24, 2.45) is 0 Å². The van der Waals surface area contributed by atoms with Gasteiger partial charge in [-0.25, -0.2) is 14.3 Å². The second kappa shape index (κ2) is 7.05. The van der Waals surface area contributed by atoms with Gasteiger partial charge in [0, 0.05) is 18.6 Å². The van der Waals surface area contributed by atoms with Crippen molar-refractivity contribution in [1.82, 2.24) is 14.3 Å². The third-order valence-corrected chi connectivity index (χ3v) is 3.95. The van der Waals surface area contributed by atoms with E-state index in [0.717, 1.165) is 0 Å². The molecule has 1 aromatic carbocycles. The molecule has 9 nitrogen and oxygen atoms in total. The number of benzene rings is 1. The van der Waals surface area contributed by atoms with E-state index in [1.165, 1.54) is 31.0 Å². The number of methoxy groups -OCH3 is 2. The summed E-state index contributed by atoms with van der Waals surface area (Å²) in [4.78, 5) is 24.3. The Morgan fingerprint density at radius 1 is 1.19 bits per heavy atom. The molecule has 0 saturated heterocycles. The van der Waals surface area contributed by atoms with Crippen LogP contribution < -0.4 is 5.73 Å². The van der Waals surface area contributed by atoms with Crippen molar-refractivity contribution in [3.8, 4) is 17.4 Å². The van der Waals surface area contributed by atoms with E-state index in [1.807, 2.05) is 6.07 Å². The van der Waals surface area contributed by atoms with Crippen LogP contribution in [-0.2, 0) is 9.47 Å². The zero-order valence-electron chi connectivity index (χ0n) is 14.5. The first-order valence-electron chi connectivity index (χ1n) is 7.73. The number of nitriles is 1. The highest BCUT2D eigenvalue weighted by Crippen LogP contribution is 2.29. The molecule has 0 amide bonds. The topological polar surface area (TPSA) is 125 Å². The molecule has 2 heterocycles. The van der Waals surface area contributed by atoms with E-state index in [0.29, 0.717) is 11.4 Å². The summed E-state index contributed by atoms with van der Waals surface area (Å²) in [5.74, 6) is -1.27. The number of carbonyl (C=O) groups is 2. The molecule has 0 saturated carbocycles. The summed E-state index contributed by atoms with van der Waals surface area (Å²) in [6.07, 6.45) is 4.70. The summed E-state index contributed by atoms with van der Waals surface area (Å²) in [6, 6.07) is 8.41. The van der Waals surface area contributed by atoms with E-state index >= 15 is 0 Å². The molecule has 0 aliphatic carbocycles. The smallest absolute Gasteiger partial charge is 0.357 e. The average Bonchev–Trinajstić information content (AvgIpc) is 3.34. The second-order valence-corrected chi connectivity index (χ2v) is 5.42. The molecule has 3 aromatic rings. The summed E-state index contributed by atoms with van der Waals surface area (Å²) in [6.45, 7) is 0. The number of hydrogen-bond donors (Lipinski definition) is 1. The Bertz CT molecular complexity index is 1060. The maximum Gasteiger partial charge on any atom is 0.357 e. The van der Waals surface area contributed by atoms with Crippen molar-refractivity contribution in [1.29, 1.82) is 5.26 Å². The predicted molar refractivity (Wildman–Crippen MR) is 94.7 cm³/mol. The fourth-order valence-electron chi connectivity index (χ4n) is 2.67. The zero-order chi connectivity index (χ0) is 19.6. The van der Waals surface area contributed by atoms with E-state index < -0.39 is 11.9 Å². The third kappa shape index (κ3) is 3.00. The lowest BCUT2D eigenvalue weighted by Crippen LogP contribution is -2.14. The molecular formula is C18H15N5O4. The van der Waals surface area contributed by atoms with Crippen molar-refractivity contribution in [3.63, 3.8) is 0 Å². The van der Waals surface area contributed by atoms with Gasteiger partial charge in [-0.15, -0.1) is 0 Å². The lowest BCUT2D eigenvalue weighted by atomic mass is 10.1. The maximum atomic E-state index is 12.3. The molecule has 136 valence electrons. The molecule has 3 rings (SSSR count). The van der Waals surface area contributed by atoms with Crippen LogP contribution in [0.5, 0.6) is 0 Å². The minimum Gasteiger partial charge on any atom is -0.465 e. The standard InChI is InChI=1S/C18H15N5O4/c1-26-17(24)11-4-5-13(23-7-3-6-21-23)14(8-11)22-10-12(9-19)15(20)16(22)18(25)27-2/h3-8,10H,20H2,1-2H3. The number of rotatable bonds is 4. The minimum atomic E-state index is -0.719. The van der Waals surface area contributed by atoms with E-state index in [2.05, 4.69) is 5.10 Å². The van der Waals surface area contributed by atoms with Crippen LogP contribution in [0.25, 0.3) is 11.4 Å². The lowest BCUT2D eigenvalue weighted by molar-refractivity contribution is 0.0588. The van der Waals surface area contributed by atoms with Gasteiger partial charge in [0.15, 0.2) is 5.69 Å². The van der Waals surface area contributed by atoms with Crippen molar-refractivity contribution in [3.05, 3.63) is 59.7 Å². The Kier molecular flexibility index (Phi) is 4.64. The van der Waals surface area contributed by atoms with Crippen LogP contribution in [0.1, 0.15) is 26.4 Å². The molecule has 0 bridgehead atoms. The van der Waals surface area contributed by atoms with Gasteiger partial charge in [0.1, 0.15) is 6.07 Å². The number of ether oxygens (including phenoxy) is 2. The largest absolute Gasteiger partial charge is 0.465 e. The predicted octanol–water partition coefficient (Wildman–Crippen LogP) is 1.69. The first-order valence-corrected chi connectivity index (χ1v) is 7.73. The van der Waals surface area contributed by atoms with Gasteiger partial charge in [-0.05, 0) is 24.3 Å². The average molecular weight is 365 g/mol. The molecule has 0 unspecified atom stereocenters. The van der Waals surface area contributed by atoms with Crippen molar-refractivity contribution in [2.45, 2.75) is 0 Å². The number of esters is 2. The Labute approximate surface area is 154 Å². The third-order valence-electron chi connectivity index (χ3n) is 3.95. The van der Waals surface area contributed by atoms with Crippen LogP contribution >= 0.6 is 0 Å². The van der Waals surface area contributed by atoms with Crippen LogP contribution in [0.2, 0.25) is 0 Å². The number of aromatic nitrogens is 3. The van der Waals surface area contributed by atoms with Gasteiger partial charge in [0.2, 0.25) is 0 Å². The zero-order valence-corrected chi connectivity index (χ0v) is 14.5. The summed E-state index contributed by atoms with van der Waals surface area (Å²) in [5, 5.41) is 13.5. The van der Waals surface area contributed by atoms with Crippen LogP contribution in [0.3, 0.4) is 0 Å². The van der Waals surface area contributed by atoms with E-state index in [4.69, 9.17) is 15.2 Å². The molecule has 0 spiro atoms. The van der Waals surface area contributed by atoms with E-state index in [1.54, 1.807) is 35.3 Å². The number of anilines is 1. The molecular weight excluding hydrogens is 350 g/mol. The normalized spacial score (nSPS) is 10.3. The molecule has 0 aliphatic heterocycles. The van der Waals surface area contributed by atoms with Crippen LogP contribution in [0.4, 0.5) is 5.69 Å². The summed E-state index contributed by atoms with van der Waals surface area (Å²) in [5.41, 5.74) is 7.23. The van der Waals surface area contributed by atoms with Crippen LogP contribution in [-0.4, -0.2) is 40.5 Å². The number of hydrogen-bond acceptors (Lipinski definition) is 7. The quantitative estimate of drug-likeness (QED) is 0.697. The van der Waals surface area contributed by atoms with Crippen LogP contribution in [0.15, 0.2) is 42.9 Å². The first-order chi connectivity index (χ1) is 13.0. The molecule has 0 radical (unpaired) electrons. The highest BCUT2D eigenvalue weighted by Gasteiger charge is 2.24. The number of carbonyl (C=O) groups excluding carboxylic acids is 2. The molecule has 27 heavy (non-hydrogen) atoms. The number of nitrogen functional groups attached to an aromatic ring is 1. The molecule has 2 aromatic heterocycles. The molecule has 9 heteroatoms. The lowest BCUT2D eigenvalue weighted by Gasteiger charge is -2.15. The number of nitrogens with two attached hydrogens (primary N) is 1. The summed E-state index contributed by atoms with van der Waals surface area (Å²) in [7, 11) is 2.48. The maximum absolute atomic E-state index is 12.3. The first kappa shape index (κ1) is 17.8. The Morgan fingerprint density at radius 3 is 2.52 bits per heavy atom. The molecule has 2 N–H and O–H groups in total. The highest BCUT2D eigenvalue weighted by molar-refractivity contribution is 5.96. The second-order valence-electron chi connectivity index (χ2n) is 5.42. The SMILES string of the molecule is COC(=O)c1ccc(-n2cccn2)c(-n2cc(C#N)c(N)c2C(=O)OC)c1. The fourth-order valence-corrected chi connectivity index (χ4v) is 2.67. The van der Waals surface area contributed by atoms with Gasteiger partial charge in [-0.1, -0.05) is 0 Å². The Hall–Kier alpha value is -4.06. The molecule has 0 aliphatic rings. The van der Waals surface area contributed by atoms with Gasteiger partial charge < -0.3 is 19.8 Å². The van der Waals surface area contributed by atoms with Crippen molar-refractivity contribution < 1.29 is 19.1 Å². The Morgan fingerprint density at radius 2 is 1.93 bits per heavy atom. The van der Waals surface area contributed by atoms with E-state index in [9.17, 15) is 14.9 Å². The van der Waals surface area contributed by atoms with Gasteiger partial charge in [0.05, 0.1) is 42.4 Å². The Balaban J connectivity index is 2.34. The van der Waals surface area contributed by atoms with Gasteiger partial charge >= 0.3 is 11.9 Å². The van der Waals surface area contributed by atoms with Crippen LogP contribution in [0, 0.1) is 11.3 Å². The summed E-state index contributed by atoms with van der Waals surface area (Å²) < 4.78 is 12.5. The van der Waals surface area contributed by atoms with Crippen molar-refractivity contribution in [2.75, 3.05) is 20.0 Å². The number of nitrogens with zero attached hydrogens (tertiary/aromatic N) is 4. The van der Waals surface area contributed by atoms with Gasteiger partial charge in [-0.2, -0.15) is 10.4 Å². The monoisotopic (exact) mass is 365 g/mol.